The third kappa shape index (κ3) is 3.84. The lowest BCUT2D eigenvalue weighted by Gasteiger charge is -2.34. The van der Waals surface area contributed by atoms with Crippen LogP contribution in [0.1, 0.15) is 26.3 Å². The Morgan fingerprint density at radius 3 is 2.34 bits per heavy atom. The lowest BCUT2D eigenvalue weighted by molar-refractivity contribution is -0.127. The van der Waals surface area contributed by atoms with Gasteiger partial charge in [-0.15, -0.1) is 0 Å². The zero-order chi connectivity index (χ0) is 22.7. The van der Waals surface area contributed by atoms with E-state index in [2.05, 4.69) is 10.2 Å². The number of aromatic amines is 1. The Morgan fingerprint density at radius 2 is 1.69 bits per heavy atom. The van der Waals surface area contributed by atoms with Crippen LogP contribution in [-0.2, 0) is 11.3 Å². The van der Waals surface area contributed by atoms with Crippen molar-refractivity contribution in [1.82, 2.24) is 14.8 Å². The Balaban J connectivity index is 1.51. The lowest BCUT2D eigenvalue weighted by Crippen LogP contribution is -2.52. The van der Waals surface area contributed by atoms with E-state index in [-0.39, 0.29) is 31.1 Å². The Labute approximate surface area is 183 Å². The zero-order valence-corrected chi connectivity index (χ0v) is 17.5. The molecular formula is C23H22N4O5. The van der Waals surface area contributed by atoms with Crippen molar-refractivity contribution < 1.29 is 19.1 Å². The van der Waals surface area contributed by atoms with Gasteiger partial charge in [0.15, 0.2) is 0 Å². The Bertz CT molecular complexity index is 1180. The quantitative estimate of drug-likeness (QED) is 0.364. The number of fused-ring (bicyclic) bond motifs is 1. The molecule has 0 aliphatic carbocycles. The summed E-state index contributed by atoms with van der Waals surface area (Å²) in [7, 11) is 1.47. The van der Waals surface area contributed by atoms with Gasteiger partial charge in [0.1, 0.15) is 12.3 Å². The number of nitrogens with one attached hydrogen (secondary N) is 1. The molecule has 1 saturated heterocycles. The number of aromatic nitrogens is 1. The molecule has 0 spiro atoms. The molecule has 2 amide bonds. The van der Waals surface area contributed by atoms with Gasteiger partial charge >= 0.3 is 0 Å². The van der Waals surface area contributed by atoms with Crippen LogP contribution >= 0.6 is 0 Å². The van der Waals surface area contributed by atoms with Crippen LogP contribution in [0.5, 0.6) is 5.75 Å². The van der Waals surface area contributed by atoms with Crippen molar-refractivity contribution in [3.63, 3.8) is 0 Å². The number of hydrogen-bond donors (Lipinski definition) is 1. The van der Waals surface area contributed by atoms with E-state index in [9.17, 15) is 19.3 Å². The minimum Gasteiger partial charge on any atom is -0.496 e. The van der Waals surface area contributed by atoms with Crippen LogP contribution in [0.2, 0.25) is 0 Å². The minimum absolute atomic E-state index is 0.0695. The highest BCUT2D eigenvalue weighted by molar-refractivity contribution is 6.45. The summed E-state index contributed by atoms with van der Waals surface area (Å²) in [6, 6.07) is 12.3. The van der Waals surface area contributed by atoms with Crippen LogP contribution in [0.4, 0.5) is 0 Å². The molecule has 2 heterocycles. The summed E-state index contributed by atoms with van der Waals surface area (Å²) in [5, 5.41) is 3.36. The van der Waals surface area contributed by atoms with Crippen LogP contribution in [-0.4, -0.2) is 65.7 Å². The predicted molar refractivity (Wildman–Crippen MR) is 118 cm³/mol. The Morgan fingerprint density at radius 1 is 1.00 bits per heavy atom. The lowest BCUT2D eigenvalue weighted by atomic mass is 10.0. The number of rotatable bonds is 6. The van der Waals surface area contributed by atoms with Gasteiger partial charge in [0.2, 0.25) is 0 Å². The molecule has 1 aliphatic heterocycles. The molecule has 0 radical (unpaired) electrons. The molecule has 0 atom stereocenters. The summed E-state index contributed by atoms with van der Waals surface area (Å²) in [5.41, 5.74) is 1.92. The molecule has 1 fully saturated rings. The second-order valence-corrected chi connectivity index (χ2v) is 7.45. The van der Waals surface area contributed by atoms with E-state index in [1.165, 1.54) is 18.2 Å². The number of amides is 2. The number of carbonyl (C=O) groups excluding carboxylic acids is 3. The maximum atomic E-state index is 13.1. The van der Waals surface area contributed by atoms with E-state index < -0.39 is 11.7 Å². The second kappa shape index (κ2) is 9.01. The van der Waals surface area contributed by atoms with Crippen molar-refractivity contribution in [3.8, 4) is 5.75 Å². The molecule has 1 N–H and O–H groups in total. The minimum atomic E-state index is -0.673. The van der Waals surface area contributed by atoms with Gasteiger partial charge in [0, 0.05) is 43.5 Å². The first-order valence-corrected chi connectivity index (χ1v) is 10.2. The highest BCUT2D eigenvalue weighted by Crippen LogP contribution is 2.32. The van der Waals surface area contributed by atoms with Gasteiger partial charge in [-0.2, -0.15) is 4.91 Å². The smallest absolute Gasteiger partial charge is 0.295 e. The van der Waals surface area contributed by atoms with Crippen molar-refractivity contribution in [2.45, 2.75) is 6.54 Å². The summed E-state index contributed by atoms with van der Waals surface area (Å²) in [6.07, 6.45) is 1.46. The average molecular weight is 434 g/mol. The number of hydrogen-bond acceptors (Lipinski definition) is 6. The molecular weight excluding hydrogens is 412 g/mol. The number of carbonyl (C=O) groups is 3. The van der Waals surface area contributed by atoms with Gasteiger partial charge < -0.3 is 19.5 Å². The predicted octanol–water partition coefficient (Wildman–Crippen LogP) is 2.61. The van der Waals surface area contributed by atoms with Gasteiger partial charge in [0.05, 0.1) is 23.6 Å². The fourth-order valence-electron chi connectivity index (χ4n) is 3.96. The molecule has 1 aliphatic rings. The number of benzene rings is 2. The largest absolute Gasteiger partial charge is 0.496 e. The monoisotopic (exact) mass is 434 g/mol. The molecule has 0 bridgehead atoms. The number of ether oxygens (including phenoxy) is 1. The average Bonchev–Trinajstić information content (AvgIpc) is 3.29. The maximum Gasteiger partial charge on any atom is 0.295 e. The van der Waals surface area contributed by atoms with Crippen LogP contribution in [0, 0.1) is 4.91 Å². The van der Waals surface area contributed by atoms with Gasteiger partial charge in [-0.3, -0.25) is 14.4 Å². The summed E-state index contributed by atoms with van der Waals surface area (Å²) >= 11 is 0. The number of nitrogens with zero attached hydrogens (tertiary/aromatic N) is 3. The van der Waals surface area contributed by atoms with E-state index in [1.807, 2.05) is 6.07 Å². The third-order valence-electron chi connectivity index (χ3n) is 5.65. The summed E-state index contributed by atoms with van der Waals surface area (Å²) in [5.74, 6) is -0.987. The van der Waals surface area contributed by atoms with E-state index in [1.54, 1.807) is 41.3 Å². The Kier molecular flexibility index (Phi) is 5.98. The first-order chi connectivity index (χ1) is 15.5. The number of nitroso groups, excluding NO2 is 1. The summed E-state index contributed by atoms with van der Waals surface area (Å²) in [4.78, 5) is 55.5. The number of Topliss-reactive ketones (excluding diaryl/α,β-unsaturated/α-hetero) is 1. The molecule has 9 nitrogen and oxygen atoms in total. The second-order valence-electron chi connectivity index (χ2n) is 7.45. The molecule has 32 heavy (non-hydrogen) atoms. The van der Waals surface area contributed by atoms with Gasteiger partial charge in [0.25, 0.3) is 17.6 Å². The van der Waals surface area contributed by atoms with Crippen LogP contribution in [0.3, 0.4) is 0 Å². The van der Waals surface area contributed by atoms with Crippen LogP contribution in [0.25, 0.3) is 10.9 Å². The van der Waals surface area contributed by atoms with Crippen molar-refractivity contribution in [2.24, 2.45) is 5.18 Å². The zero-order valence-electron chi connectivity index (χ0n) is 17.5. The first-order valence-electron chi connectivity index (χ1n) is 10.2. The highest BCUT2D eigenvalue weighted by Gasteiger charge is 2.31. The molecule has 0 unspecified atom stereocenters. The number of methoxy groups -OCH3 is 1. The number of piperazine rings is 1. The van der Waals surface area contributed by atoms with Crippen molar-refractivity contribution in [1.29, 1.82) is 0 Å². The van der Waals surface area contributed by atoms with Crippen LogP contribution < -0.4 is 4.74 Å². The fraction of sp³-hybridized carbons (Fsp3) is 0.261. The Hall–Kier alpha value is -4.01. The summed E-state index contributed by atoms with van der Waals surface area (Å²) < 4.78 is 5.37. The molecule has 2 aromatic carbocycles. The summed E-state index contributed by atoms with van der Waals surface area (Å²) in [6.45, 7) is 1.16. The molecule has 164 valence electrons. The van der Waals surface area contributed by atoms with E-state index >= 15 is 0 Å². The number of H-pyrrole nitrogens is 1. The fourth-order valence-corrected chi connectivity index (χ4v) is 3.96. The van der Waals surface area contributed by atoms with Crippen molar-refractivity contribution in [3.05, 3.63) is 70.3 Å². The van der Waals surface area contributed by atoms with E-state index in [0.29, 0.717) is 40.9 Å². The van der Waals surface area contributed by atoms with Crippen molar-refractivity contribution in [2.75, 3.05) is 33.3 Å². The third-order valence-corrected chi connectivity index (χ3v) is 5.65. The van der Waals surface area contributed by atoms with Gasteiger partial charge in [-0.05, 0) is 18.2 Å². The molecule has 4 rings (SSSR count). The SMILES string of the molecule is COc1ccc(CN=O)c2[nH]cc(C(=O)C(=O)N3CCN(C(=O)c4ccccc4)CC3)c12. The first kappa shape index (κ1) is 21.2. The van der Waals surface area contributed by atoms with Crippen molar-refractivity contribution >= 4 is 28.5 Å². The molecule has 0 saturated carbocycles. The van der Waals surface area contributed by atoms with Gasteiger partial charge in [-0.25, -0.2) is 0 Å². The molecule has 3 aromatic rings. The number of ketones is 1. The normalized spacial score (nSPS) is 13.8. The van der Waals surface area contributed by atoms with E-state index in [4.69, 9.17) is 4.74 Å². The maximum absolute atomic E-state index is 13.1. The highest BCUT2D eigenvalue weighted by atomic mass is 16.5. The van der Waals surface area contributed by atoms with Crippen LogP contribution in [0.15, 0.2) is 53.8 Å². The standard InChI is InChI=1S/C23H22N4O5/c1-32-18-8-7-16(13-25-31)20-19(18)17(14-24-20)21(28)23(30)27-11-9-26(10-12-27)22(29)15-5-3-2-4-6-15/h2-8,14,24H,9-13H2,1H3. The topological polar surface area (TPSA) is 112 Å². The van der Waals surface area contributed by atoms with E-state index in [0.717, 1.165) is 0 Å². The van der Waals surface area contributed by atoms with Gasteiger partial charge in [-0.1, -0.05) is 29.4 Å². The molecule has 1 aromatic heterocycles. The molecule has 9 heteroatoms.